The molecule has 0 atom stereocenters. The van der Waals surface area contributed by atoms with Gasteiger partial charge in [-0.25, -0.2) is 0 Å². The van der Waals surface area contributed by atoms with Crippen molar-refractivity contribution in [2.24, 2.45) is 0 Å². The molecule has 0 unspecified atom stereocenters. The fourth-order valence-corrected chi connectivity index (χ4v) is 1.50. The molecule has 0 aliphatic heterocycles. The van der Waals surface area contributed by atoms with Crippen LogP contribution in [0.4, 0.5) is 0 Å². The Balaban J connectivity index is 2.76. The zero-order valence-corrected chi connectivity index (χ0v) is 10.1. The number of nitrogens with zero attached hydrogens (tertiary/aromatic N) is 2. The molecule has 0 radical (unpaired) electrons. The smallest absolute Gasteiger partial charge is 0.305 e. The molecule has 1 rings (SSSR count). The standard InChI is InChI=1S/C13H14N2O3/c1-2-15(8-7-12(16)17)13(18)11-5-3-10(9-14)4-6-11/h3-6H,2,7-8H2,1H3,(H,16,17). The molecule has 0 saturated carbocycles. The lowest BCUT2D eigenvalue weighted by atomic mass is 10.1. The van der Waals surface area contributed by atoms with Crippen LogP contribution in [-0.4, -0.2) is 35.0 Å². The Morgan fingerprint density at radius 2 is 1.94 bits per heavy atom. The summed E-state index contributed by atoms with van der Waals surface area (Å²) in [6.07, 6.45) is -0.0736. The summed E-state index contributed by atoms with van der Waals surface area (Å²) >= 11 is 0. The number of carboxylic acid groups (broad SMARTS) is 1. The normalized spacial score (nSPS) is 9.56. The number of nitriles is 1. The van der Waals surface area contributed by atoms with Gasteiger partial charge in [-0.2, -0.15) is 5.26 Å². The van der Waals surface area contributed by atoms with E-state index in [1.807, 2.05) is 6.07 Å². The molecule has 0 aliphatic carbocycles. The summed E-state index contributed by atoms with van der Waals surface area (Å²) < 4.78 is 0. The first kappa shape index (κ1) is 13.7. The molecular formula is C13H14N2O3. The van der Waals surface area contributed by atoms with Gasteiger partial charge in [-0.3, -0.25) is 9.59 Å². The summed E-state index contributed by atoms with van der Waals surface area (Å²) in [7, 11) is 0. The number of hydrogen-bond acceptors (Lipinski definition) is 3. The highest BCUT2D eigenvalue weighted by Gasteiger charge is 2.14. The van der Waals surface area contributed by atoms with E-state index in [1.165, 1.54) is 4.90 Å². The molecular weight excluding hydrogens is 232 g/mol. The number of carbonyl (C=O) groups excluding carboxylic acids is 1. The first-order chi connectivity index (χ1) is 8.58. The Labute approximate surface area is 105 Å². The number of benzene rings is 1. The van der Waals surface area contributed by atoms with Gasteiger partial charge in [0.05, 0.1) is 18.1 Å². The van der Waals surface area contributed by atoms with E-state index in [0.717, 1.165) is 0 Å². The zero-order valence-electron chi connectivity index (χ0n) is 10.1. The van der Waals surface area contributed by atoms with Crippen molar-refractivity contribution in [1.29, 1.82) is 5.26 Å². The molecule has 0 aliphatic rings. The van der Waals surface area contributed by atoms with Crippen molar-refractivity contribution in [3.63, 3.8) is 0 Å². The van der Waals surface area contributed by atoms with Crippen LogP contribution < -0.4 is 0 Å². The molecule has 18 heavy (non-hydrogen) atoms. The number of hydrogen-bond donors (Lipinski definition) is 1. The Hall–Kier alpha value is -2.35. The van der Waals surface area contributed by atoms with E-state index in [4.69, 9.17) is 10.4 Å². The van der Waals surface area contributed by atoms with Crippen molar-refractivity contribution >= 4 is 11.9 Å². The molecule has 94 valence electrons. The van der Waals surface area contributed by atoms with Gasteiger partial charge in [0.15, 0.2) is 0 Å². The Bertz CT molecular complexity index is 474. The van der Waals surface area contributed by atoms with Crippen LogP contribution in [0.15, 0.2) is 24.3 Å². The van der Waals surface area contributed by atoms with E-state index < -0.39 is 5.97 Å². The van der Waals surface area contributed by atoms with Gasteiger partial charge >= 0.3 is 5.97 Å². The molecule has 1 N–H and O–H groups in total. The minimum atomic E-state index is -0.930. The van der Waals surface area contributed by atoms with Gasteiger partial charge in [0.1, 0.15) is 0 Å². The highest BCUT2D eigenvalue weighted by Crippen LogP contribution is 2.07. The van der Waals surface area contributed by atoms with Crippen LogP contribution in [0.2, 0.25) is 0 Å². The predicted molar refractivity (Wildman–Crippen MR) is 65.0 cm³/mol. The van der Waals surface area contributed by atoms with Crippen molar-refractivity contribution in [2.45, 2.75) is 13.3 Å². The highest BCUT2D eigenvalue weighted by atomic mass is 16.4. The summed E-state index contributed by atoms with van der Waals surface area (Å²) in [5.41, 5.74) is 0.946. The molecule has 0 spiro atoms. The van der Waals surface area contributed by atoms with Gasteiger partial charge in [-0.05, 0) is 31.2 Å². The molecule has 1 aromatic carbocycles. The van der Waals surface area contributed by atoms with E-state index >= 15 is 0 Å². The fraction of sp³-hybridized carbons (Fsp3) is 0.308. The third kappa shape index (κ3) is 3.59. The van der Waals surface area contributed by atoms with Crippen LogP contribution in [0.3, 0.4) is 0 Å². The van der Waals surface area contributed by atoms with E-state index in [-0.39, 0.29) is 18.9 Å². The molecule has 0 bridgehead atoms. The molecule has 0 saturated heterocycles. The number of rotatable bonds is 5. The number of aliphatic carboxylic acids is 1. The van der Waals surface area contributed by atoms with Crippen LogP contribution in [0.5, 0.6) is 0 Å². The van der Waals surface area contributed by atoms with Crippen molar-refractivity contribution in [3.05, 3.63) is 35.4 Å². The molecule has 1 aromatic rings. The number of carboxylic acids is 1. The van der Waals surface area contributed by atoms with Crippen LogP contribution in [0.1, 0.15) is 29.3 Å². The van der Waals surface area contributed by atoms with Crippen LogP contribution in [0, 0.1) is 11.3 Å². The summed E-state index contributed by atoms with van der Waals surface area (Å²) in [6, 6.07) is 8.26. The average Bonchev–Trinajstić information content (AvgIpc) is 2.39. The van der Waals surface area contributed by atoms with Crippen LogP contribution in [0.25, 0.3) is 0 Å². The van der Waals surface area contributed by atoms with Crippen molar-refractivity contribution < 1.29 is 14.7 Å². The summed E-state index contributed by atoms with van der Waals surface area (Å²) in [6.45, 7) is 2.43. The van der Waals surface area contributed by atoms with Crippen molar-refractivity contribution in [2.75, 3.05) is 13.1 Å². The van der Waals surface area contributed by atoms with Gasteiger partial charge in [-0.1, -0.05) is 0 Å². The molecule has 0 aromatic heterocycles. The van der Waals surface area contributed by atoms with E-state index in [1.54, 1.807) is 31.2 Å². The van der Waals surface area contributed by atoms with E-state index in [2.05, 4.69) is 0 Å². The Morgan fingerprint density at radius 3 is 2.39 bits per heavy atom. The maximum absolute atomic E-state index is 12.0. The lowest BCUT2D eigenvalue weighted by Gasteiger charge is -2.19. The largest absolute Gasteiger partial charge is 0.481 e. The maximum atomic E-state index is 12.0. The SMILES string of the molecule is CCN(CCC(=O)O)C(=O)c1ccc(C#N)cc1. The minimum Gasteiger partial charge on any atom is -0.481 e. The molecule has 0 heterocycles. The van der Waals surface area contributed by atoms with Gasteiger partial charge < -0.3 is 10.0 Å². The van der Waals surface area contributed by atoms with Crippen LogP contribution in [-0.2, 0) is 4.79 Å². The first-order valence-electron chi connectivity index (χ1n) is 5.59. The lowest BCUT2D eigenvalue weighted by Crippen LogP contribution is -2.32. The van der Waals surface area contributed by atoms with Crippen LogP contribution >= 0.6 is 0 Å². The highest BCUT2D eigenvalue weighted by molar-refractivity contribution is 5.94. The quantitative estimate of drug-likeness (QED) is 0.853. The molecule has 5 heteroatoms. The lowest BCUT2D eigenvalue weighted by molar-refractivity contribution is -0.137. The molecule has 1 amide bonds. The summed E-state index contributed by atoms with van der Waals surface area (Å²) in [4.78, 5) is 24.0. The van der Waals surface area contributed by atoms with Gasteiger partial charge in [-0.15, -0.1) is 0 Å². The number of carbonyl (C=O) groups is 2. The monoisotopic (exact) mass is 246 g/mol. The third-order valence-electron chi connectivity index (χ3n) is 2.53. The van der Waals surface area contributed by atoms with E-state index in [0.29, 0.717) is 17.7 Å². The number of amides is 1. The second-order valence-corrected chi connectivity index (χ2v) is 3.72. The first-order valence-corrected chi connectivity index (χ1v) is 5.59. The topological polar surface area (TPSA) is 81.4 Å². The predicted octanol–water partition coefficient (Wildman–Crippen LogP) is 1.50. The second-order valence-electron chi connectivity index (χ2n) is 3.72. The summed E-state index contributed by atoms with van der Waals surface area (Å²) in [5, 5.41) is 17.3. The average molecular weight is 246 g/mol. The van der Waals surface area contributed by atoms with Gasteiger partial charge in [0.2, 0.25) is 0 Å². The van der Waals surface area contributed by atoms with E-state index in [9.17, 15) is 9.59 Å². The third-order valence-corrected chi connectivity index (χ3v) is 2.53. The van der Waals surface area contributed by atoms with Gasteiger partial charge in [0.25, 0.3) is 5.91 Å². The second kappa shape index (κ2) is 6.40. The van der Waals surface area contributed by atoms with Gasteiger partial charge in [0, 0.05) is 18.7 Å². The summed E-state index contributed by atoms with van der Waals surface area (Å²) in [5.74, 6) is -1.15. The fourth-order valence-electron chi connectivity index (χ4n) is 1.50. The van der Waals surface area contributed by atoms with Crippen molar-refractivity contribution in [1.82, 2.24) is 4.90 Å². The molecule has 5 nitrogen and oxygen atoms in total. The molecule has 0 fully saturated rings. The van der Waals surface area contributed by atoms with Crippen molar-refractivity contribution in [3.8, 4) is 6.07 Å². The Morgan fingerprint density at radius 1 is 1.33 bits per heavy atom. The zero-order chi connectivity index (χ0) is 13.5. The maximum Gasteiger partial charge on any atom is 0.305 e. The minimum absolute atomic E-state index is 0.0736. The Kier molecular flexibility index (Phi) is 4.88.